The number of hydrogen-bond acceptors (Lipinski definition) is 9. The van der Waals surface area contributed by atoms with Crippen LogP contribution in [0.4, 0.5) is 5.82 Å². The second-order valence-electron chi connectivity index (χ2n) is 7.41. The van der Waals surface area contributed by atoms with Crippen molar-refractivity contribution in [1.29, 1.82) is 0 Å². The number of sulfonamides is 1. The monoisotopic (exact) mass is 464 g/mol. The predicted molar refractivity (Wildman–Crippen MR) is 120 cm³/mol. The third-order valence-corrected chi connectivity index (χ3v) is 8.03. The summed E-state index contributed by atoms with van der Waals surface area (Å²) in [4.78, 5) is 23.9. The molecule has 0 spiro atoms. The zero-order valence-electron chi connectivity index (χ0n) is 17.6. The van der Waals surface area contributed by atoms with Crippen molar-refractivity contribution in [2.24, 2.45) is 0 Å². The highest BCUT2D eigenvalue weighted by Gasteiger charge is 2.33. The van der Waals surface area contributed by atoms with Gasteiger partial charge in [0.05, 0.1) is 17.5 Å². The van der Waals surface area contributed by atoms with Crippen molar-refractivity contribution in [2.75, 3.05) is 46.2 Å². The zero-order chi connectivity index (χ0) is 22.3. The summed E-state index contributed by atoms with van der Waals surface area (Å²) in [6.45, 7) is 1.34. The number of fused-ring (bicyclic) bond motifs is 1. The van der Waals surface area contributed by atoms with E-state index in [1.54, 1.807) is 35.4 Å². The van der Waals surface area contributed by atoms with Gasteiger partial charge in [-0.15, -0.1) is 11.3 Å². The van der Waals surface area contributed by atoms with E-state index in [0.29, 0.717) is 29.7 Å². The number of nitrogens with one attached hydrogen (secondary N) is 1. The first-order valence-electron chi connectivity index (χ1n) is 9.61. The van der Waals surface area contributed by atoms with E-state index in [9.17, 15) is 13.2 Å². The van der Waals surface area contributed by atoms with E-state index in [1.807, 2.05) is 7.05 Å². The van der Waals surface area contributed by atoms with Gasteiger partial charge in [-0.3, -0.25) is 9.36 Å². The van der Waals surface area contributed by atoms with Gasteiger partial charge < -0.3 is 15.0 Å². The van der Waals surface area contributed by atoms with Crippen LogP contribution >= 0.6 is 11.3 Å². The number of aromatic nitrogens is 3. The molecule has 4 rings (SSSR count). The highest BCUT2D eigenvalue weighted by molar-refractivity contribution is 7.89. The molecule has 1 saturated heterocycles. The average molecular weight is 465 g/mol. The van der Waals surface area contributed by atoms with Gasteiger partial charge in [0, 0.05) is 52.1 Å². The standard InChI is InChI=1S/C19H24N6O4S2/c1-20-13-9-24(10-14(13)29-4)16-6-5-12-17(26)15(31(27,28)23(2)3)11-25(18(12)22-16)19-21-7-8-30-19/h5-8,11,13-14,20H,9-10H2,1-4H3/t13-,14-/m0/s1. The lowest BCUT2D eigenvalue weighted by molar-refractivity contribution is 0.0996. The highest BCUT2D eigenvalue weighted by Crippen LogP contribution is 2.25. The number of likely N-dealkylation sites (N-methyl/N-ethyl adjacent to an activating group) is 1. The van der Waals surface area contributed by atoms with Crippen LogP contribution in [0, 0.1) is 0 Å². The van der Waals surface area contributed by atoms with Crippen LogP contribution < -0.4 is 15.6 Å². The first-order valence-corrected chi connectivity index (χ1v) is 11.9. The summed E-state index contributed by atoms with van der Waals surface area (Å²) in [5.74, 6) is 0.681. The molecular formula is C19H24N6O4S2. The Labute approximate surface area is 184 Å². The molecule has 12 heteroatoms. The second-order valence-corrected chi connectivity index (χ2v) is 10.4. The third-order valence-electron chi connectivity index (χ3n) is 5.45. The Hall–Kier alpha value is -2.38. The Morgan fingerprint density at radius 2 is 2.06 bits per heavy atom. The number of nitrogens with zero attached hydrogens (tertiary/aromatic N) is 5. The molecule has 0 aromatic carbocycles. The molecule has 0 bridgehead atoms. The third kappa shape index (κ3) is 3.74. The van der Waals surface area contributed by atoms with E-state index >= 15 is 0 Å². The molecule has 31 heavy (non-hydrogen) atoms. The van der Waals surface area contributed by atoms with E-state index in [-0.39, 0.29) is 22.4 Å². The molecular weight excluding hydrogens is 440 g/mol. The molecule has 2 atom stereocenters. The summed E-state index contributed by atoms with van der Waals surface area (Å²) in [5, 5.41) is 5.77. The molecule has 166 valence electrons. The Kier molecular flexibility index (Phi) is 5.83. The van der Waals surface area contributed by atoms with Crippen LogP contribution in [0.25, 0.3) is 16.2 Å². The Balaban J connectivity index is 1.92. The van der Waals surface area contributed by atoms with Gasteiger partial charge in [0.1, 0.15) is 10.7 Å². The van der Waals surface area contributed by atoms with Gasteiger partial charge in [0.2, 0.25) is 15.5 Å². The molecule has 0 aliphatic carbocycles. The van der Waals surface area contributed by atoms with Crippen molar-refractivity contribution in [3.05, 3.63) is 40.1 Å². The van der Waals surface area contributed by atoms with Crippen molar-refractivity contribution in [3.8, 4) is 5.13 Å². The van der Waals surface area contributed by atoms with Gasteiger partial charge in [-0.2, -0.15) is 0 Å². The minimum absolute atomic E-state index is 0.0104. The molecule has 1 aliphatic heterocycles. The SMILES string of the molecule is CN[C@H]1CN(c2ccc3c(=O)c(S(=O)(=O)N(C)C)cn(-c4nccs4)c3n2)C[C@@H]1OC. The van der Waals surface area contributed by atoms with Crippen LogP contribution in [0.2, 0.25) is 0 Å². The summed E-state index contributed by atoms with van der Waals surface area (Å²) in [6, 6.07) is 3.52. The molecule has 3 aromatic rings. The predicted octanol–water partition coefficient (Wildman–Crippen LogP) is 0.516. The lowest BCUT2D eigenvalue weighted by Crippen LogP contribution is -2.37. The van der Waals surface area contributed by atoms with Gasteiger partial charge in [-0.05, 0) is 19.2 Å². The maximum Gasteiger partial charge on any atom is 0.247 e. The molecule has 0 unspecified atom stereocenters. The molecule has 4 heterocycles. The normalized spacial score (nSPS) is 19.6. The molecule has 10 nitrogen and oxygen atoms in total. The van der Waals surface area contributed by atoms with E-state index in [4.69, 9.17) is 9.72 Å². The van der Waals surface area contributed by atoms with Crippen molar-refractivity contribution in [3.63, 3.8) is 0 Å². The smallest absolute Gasteiger partial charge is 0.247 e. The van der Waals surface area contributed by atoms with Crippen molar-refractivity contribution in [1.82, 2.24) is 24.2 Å². The van der Waals surface area contributed by atoms with Gasteiger partial charge >= 0.3 is 0 Å². The van der Waals surface area contributed by atoms with Crippen LogP contribution in [-0.2, 0) is 14.8 Å². The van der Waals surface area contributed by atoms with Crippen LogP contribution in [0.3, 0.4) is 0 Å². The van der Waals surface area contributed by atoms with Crippen molar-refractivity contribution in [2.45, 2.75) is 17.0 Å². The van der Waals surface area contributed by atoms with Crippen LogP contribution in [0.1, 0.15) is 0 Å². The molecule has 0 amide bonds. The average Bonchev–Trinajstić information content (AvgIpc) is 3.43. The fraction of sp³-hybridized carbons (Fsp3) is 0.421. The summed E-state index contributed by atoms with van der Waals surface area (Å²) in [5.41, 5.74) is -0.225. The largest absolute Gasteiger partial charge is 0.378 e. The molecule has 3 aromatic heterocycles. The number of pyridine rings is 2. The Morgan fingerprint density at radius 1 is 1.29 bits per heavy atom. The summed E-state index contributed by atoms with van der Waals surface area (Å²) >= 11 is 1.33. The molecule has 0 radical (unpaired) electrons. The van der Waals surface area contributed by atoms with E-state index < -0.39 is 15.5 Å². The number of anilines is 1. The van der Waals surface area contributed by atoms with Crippen molar-refractivity contribution >= 4 is 38.2 Å². The minimum atomic E-state index is -3.95. The van der Waals surface area contributed by atoms with E-state index in [2.05, 4.69) is 15.2 Å². The fourth-order valence-electron chi connectivity index (χ4n) is 3.68. The number of thiazole rings is 1. The lowest BCUT2D eigenvalue weighted by Gasteiger charge is -2.19. The van der Waals surface area contributed by atoms with Crippen LogP contribution in [0.15, 0.2) is 39.6 Å². The van der Waals surface area contributed by atoms with Crippen LogP contribution in [0.5, 0.6) is 0 Å². The Morgan fingerprint density at radius 3 is 2.65 bits per heavy atom. The van der Waals surface area contributed by atoms with Gasteiger partial charge in [0.25, 0.3) is 0 Å². The topological polar surface area (TPSA) is 110 Å². The van der Waals surface area contributed by atoms with Gasteiger partial charge in [-0.25, -0.2) is 22.7 Å². The van der Waals surface area contributed by atoms with E-state index in [1.165, 1.54) is 31.6 Å². The van der Waals surface area contributed by atoms with Crippen molar-refractivity contribution < 1.29 is 13.2 Å². The number of hydrogen-bond donors (Lipinski definition) is 1. The first-order chi connectivity index (χ1) is 14.8. The Bertz CT molecular complexity index is 1240. The highest BCUT2D eigenvalue weighted by atomic mass is 32.2. The number of rotatable bonds is 6. The maximum atomic E-state index is 13.1. The van der Waals surface area contributed by atoms with E-state index in [0.717, 1.165) is 4.31 Å². The fourth-order valence-corrected chi connectivity index (χ4v) is 5.28. The first kappa shape index (κ1) is 21.8. The maximum absolute atomic E-state index is 13.1. The number of methoxy groups -OCH3 is 1. The summed E-state index contributed by atoms with van der Waals surface area (Å²) < 4.78 is 33.7. The van der Waals surface area contributed by atoms with Gasteiger partial charge in [-0.1, -0.05) is 0 Å². The second kappa shape index (κ2) is 8.28. The summed E-state index contributed by atoms with van der Waals surface area (Å²) in [6.07, 6.45) is 2.94. The minimum Gasteiger partial charge on any atom is -0.378 e. The quantitative estimate of drug-likeness (QED) is 0.562. The lowest BCUT2D eigenvalue weighted by atomic mass is 10.2. The zero-order valence-corrected chi connectivity index (χ0v) is 19.3. The number of ether oxygens (including phenoxy) is 1. The summed E-state index contributed by atoms with van der Waals surface area (Å²) in [7, 11) is 2.41. The molecule has 1 N–H and O–H groups in total. The molecule has 0 saturated carbocycles. The molecule has 1 fully saturated rings. The van der Waals surface area contributed by atoms with Crippen LogP contribution in [-0.4, -0.2) is 80.7 Å². The van der Waals surface area contributed by atoms with Gasteiger partial charge in [0.15, 0.2) is 10.8 Å². The molecule has 1 aliphatic rings.